The van der Waals surface area contributed by atoms with E-state index in [0.717, 1.165) is 34.2 Å². The Bertz CT molecular complexity index is 962. The Morgan fingerprint density at radius 1 is 1.18 bits per heavy atom. The van der Waals surface area contributed by atoms with Crippen LogP contribution >= 0.6 is 15.9 Å². The van der Waals surface area contributed by atoms with E-state index in [-0.39, 0.29) is 11.9 Å². The van der Waals surface area contributed by atoms with Gasteiger partial charge in [0, 0.05) is 21.9 Å². The lowest BCUT2D eigenvalue weighted by atomic mass is 10.1. The second-order valence-corrected chi connectivity index (χ2v) is 8.07. The molecule has 2 heterocycles. The van der Waals surface area contributed by atoms with Crippen LogP contribution in [0.2, 0.25) is 0 Å². The van der Waals surface area contributed by atoms with Crippen molar-refractivity contribution in [2.24, 2.45) is 0 Å². The second-order valence-electron chi connectivity index (χ2n) is 7.16. The van der Waals surface area contributed by atoms with Crippen molar-refractivity contribution in [1.82, 2.24) is 15.2 Å². The molecule has 0 aliphatic carbocycles. The van der Waals surface area contributed by atoms with Gasteiger partial charge in [-0.1, -0.05) is 28.1 Å². The number of hydrogen-bond donors (Lipinski definition) is 2. The molecule has 1 aromatic heterocycles. The van der Waals surface area contributed by atoms with Gasteiger partial charge in [-0.25, -0.2) is 0 Å². The van der Waals surface area contributed by atoms with Gasteiger partial charge in [0.25, 0.3) is 5.91 Å². The van der Waals surface area contributed by atoms with Crippen LogP contribution in [0.25, 0.3) is 10.9 Å². The van der Waals surface area contributed by atoms with E-state index >= 15 is 0 Å². The van der Waals surface area contributed by atoms with E-state index in [1.165, 1.54) is 18.4 Å². The van der Waals surface area contributed by atoms with E-state index in [1.54, 1.807) is 7.11 Å². The first-order valence-corrected chi connectivity index (χ1v) is 10.4. The average Bonchev–Trinajstić information content (AvgIpc) is 3.38. The molecule has 1 aliphatic heterocycles. The van der Waals surface area contributed by atoms with E-state index < -0.39 is 0 Å². The van der Waals surface area contributed by atoms with Gasteiger partial charge >= 0.3 is 0 Å². The van der Waals surface area contributed by atoms with Crippen molar-refractivity contribution in [1.29, 1.82) is 0 Å². The van der Waals surface area contributed by atoms with Gasteiger partial charge in [0.2, 0.25) is 0 Å². The lowest BCUT2D eigenvalue weighted by Crippen LogP contribution is -2.36. The third-order valence-electron chi connectivity index (χ3n) is 5.37. The summed E-state index contributed by atoms with van der Waals surface area (Å²) in [4.78, 5) is 18.4. The van der Waals surface area contributed by atoms with Crippen molar-refractivity contribution in [3.8, 4) is 5.75 Å². The van der Waals surface area contributed by atoms with Gasteiger partial charge in [-0.05, 0) is 67.9 Å². The number of rotatable bonds is 6. The number of carbonyl (C=O) groups is 1. The van der Waals surface area contributed by atoms with Gasteiger partial charge in [0.1, 0.15) is 11.4 Å². The van der Waals surface area contributed by atoms with Crippen LogP contribution in [0.15, 0.2) is 53.0 Å². The summed E-state index contributed by atoms with van der Waals surface area (Å²) in [6.45, 7) is 2.70. The van der Waals surface area contributed by atoms with Crippen molar-refractivity contribution >= 4 is 32.7 Å². The molecule has 5 nitrogen and oxygen atoms in total. The number of amides is 1. The van der Waals surface area contributed by atoms with Crippen LogP contribution in [0, 0.1) is 0 Å². The average molecular weight is 442 g/mol. The smallest absolute Gasteiger partial charge is 0.267 e. The van der Waals surface area contributed by atoms with Crippen LogP contribution < -0.4 is 10.1 Å². The van der Waals surface area contributed by atoms with Gasteiger partial charge in [-0.2, -0.15) is 0 Å². The normalized spacial score (nSPS) is 15.6. The molecule has 0 bridgehead atoms. The number of methoxy groups -OCH3 is 1. The first-order valence-electron chi connectivity index (χ1n) is 9.58. The van der Waals surface area contributed by atoms with Crippen molar-refractivity contribution in [2.45, 2.75) is 18.9 Å². The van der Waals surface area contributed by atoms with E-state index in [1.807, 2.05) is 36.4 Å². The molecule has 1 amide bonds. The molecular weight excluding hydrogens is 418 g/mol. The molecule has 0 radical (unpaired) electrons. The van der Waals surface area contributed by atoms with Crippen LogP contribution in [0.1, 0.15) is 34.9 Å². The lowest BCUT2D eigenvalue weighted by Gasteiger charge is -2.28. The molecule has 0 spiro atoms. The van der Waals surface area contributed by atoms with Crippen LogP contribution in [-0.2, 0) is 0 Å². The zero-order chi connectivity index (χ0) is 19.5. The summed E-state index contributed by atoms with van der Waals surface area (Å²) in [6.07, 6.45) is 2.41. The Hall–Kier alpha value is -2.31. The fourth-order valence-electron chi connectivity index (χ4n) is 3.85. The quantitative estimate of drug-likeness (QED) is 0.591. The summed E-state index contributed by atoms with van der Waals surface area (Å²) in [7, 11) is 1.67. The third kappa shape index (κ3) is 4.08. The Labute approximate surface area is 173 Å². The number of H-pyrrole nitrogens is 1. The molecule has 0 saturated carbocycles. The highest BCUT2D eigenvalue weighted by Gasteiger charge is 2.24. The van der Waals surface area contributed by atoms with E-state index in [9.17, 15) is 4.79 Å². The molecule has 2 aromatic carbocycles. The maximum atomic E-state index is 12.8. The summed E-state index contributed by atoms with van der Waals surface area (Å²) >= 11 is 3.47. The molecule has 146 valence electrons. The topological polar surface area (TPSA) is 57.4 Å². The maximum absolute atomic E-state index is 12.8. The Kier molecular flexibility index (Phi) is 5.69. The highest BCUT2D eigenvalue weighted by atomic mass is 79.9. The number of aromatic nitrogens is 1. The number of ether oxygens (including phenoxy) is 1. The predicted octanol–water partition coefficient (Wildman–Crippen LogP) is 4.51. The van der Waals surface area contributed by atoms with Crippen molar-refractivity contribution < 1.29 is 9.53 Å². The lowest BCUT2D eigenvalue weighted by molar-refractivity contribution is 0.0933. The second kappa shape index (κ2) is 8.37. The standard InChI is InChI=1S/C22H24BrN3O2/c1-28-18-7-4-15(5-8-18)21(26-10-2-3-11-26)14-24-22(27)20-13-16-12-17(23)6-9-19(16)25-20/h4-9,12-13,21,25H,2-3,10-11,14H2,1H3,(H,24,27). The largest absolute Gasteiger partial charge is 0.497 e. The van der Waals surface area contributed by atoms with Crippen molar-refractivity contribution in [3.05, 3.63) is 64.3 Å². The minimum atomic E-state index is -0.0787. The third-order valence-corrected chi connectivity index (χ3v) is 5.86. The molecule has 1 aliphatic rings. The fourth-order valence-corrected chi connectivity index (χ4v) is 4.23. The zero-order valence-electron chi connectivity index (χ0n) is 15.9. The minimum Gasteiger partial charge on any atom is -0.497 e. The van der Waals surface area contributed by atoms with Crippen LogP contribution in [-0.4, -0.2) is 42.5 Å². The Balaban J connectivity index is 1.50. The molecule has 4 rings (SSSR count). The van der Waals surface area contributed by atoms with Gasteiger partial charge in [-0.15, -0.1) is 0 Å². The minimum absolute atomic E-state index is 0.0787. The van der Waals surface area contributed by atoms with E-state index in [4.69, 9.17) is 4.74 Å². The summed E-state index contributed by atoms with van der Waals surface area (Å²) in [5, 5.41) is 4.14. The van der Waals surface area contributed by atoms with Gasteiger partial charge in [0.05, 0.1) is 13.2 Å². The highest BCUT2D eigenvalue weighted by molar-refractivity contribution is 9.10. The number of hydrogen-bond acceptors (Lipinski definition) is 3. The number of fused-ring (bicyclic) bond motifs is 1. The monoisotopic (exact) mass is 441 g/mol. The molecule has 1 fully saturated rings. The van der Waals surface area contributed by atoms with Gasteiger partial charge < -0.3 is 15.0 Å². The summed E-state index contributed by atoms with van der Waals surface area (Å²) in [6, 6.07) is 16.2. The molecule has 3 aromatic rings. The van der Waals surface area contributed by atoms with E-state index in [0.29, 0.717) is 12.2 Å². The predicted molar refractivity (Wildman–Crippen MR) is 115 cm³/mol. The fraction of sp³-hybridized carbons (Fsp3) is 0.318. The number of halogens is 1. The molecule has 6 heteroatoms. The first-order chi connectivity index (χ1) is 13.6. The van der Waals surface area contributed by atoms with Gasteiger partial charge in [0.15, 0.2) is 0 Å². The number of carbonyl (C=O) groups excluding carboxylic acids is 1. The van der Waals surface area contributed by atoms with Crippen molar-refractivity contribution in [3.63, 3.8) is 0 Å². The summed E-state index contributed by atoms with van der Waals surface area (Å²) < 4.78 is 6.28. The molecule has 2 N–H and O–H groups in total. The van der Waals surface area contributed by atoms with Crippen LogP contribution in [0.4, 0.5) is 0 Å². The zero-order valence-corrected chi connectivity index (χ0v) is 17.5. The summed E-state index contributed by atoms with van der Waals surface area (Å²) in [5.41, 5.74) is 2.74. The number of nitrogens with one attached hydrogen (secondary N) is 2. The van der Waals surface area contributed by atoms with Gasteiger partial charge in [-0.3, -0.25) is 9.69 Å². The van der Waals surface area contributed by atoms with Crippen LogP contribution in [0.5, 0.6) is 5.75 Å². The maximum Gasteiger partial charge on any atom is 0.267 e. The highest BCUT2D eigenvalue weighted by Crippen LogP contribution is 2.26. The molecule has 28 heavy (non-hydrogen) atoms. The number of likely N-dealkylation sites (tertiary alicyclic amines) is 1. The SMILES string of the molecule is COc1ccc(C(CNC(=O)c2cc3cc(Br)ccc3[nH]2)N2CCCC2)cc1. The van der Waals surface area contributed by atoms with Crippen molar-refractivity contribution in [2.75, 3.05) is 26.7 Å². The molecular formula is C22H24BrN3O2. The number of aromatic amines is 1. The number of benzene rings is 2. The molecule has 1 atom stereocenters. The van der Waals surface area contributed by atoms with E-state index in [2.05, 4.69) is 43.3 Å². The molecule has 1 unspecified atom stereocenters. The Morgan fingerprint density at radius 3 is 2.64 bits per heavy atom. The first kappa shape index (κ1) is 19.0. The number of nitrogens with zero attached hydrogens (tertiary/aromatic N) is 1. The molecule has 1 saturated heterocycles. The van der Waals surface area contributed by atoms with Crippen LogP contribution in [0.3, 0.4) is 0 Å². The summed E-state index contributed by atoms with van der Waals surface area (Å²) in [5.74, 6) is 0.766. The Morgan fingerprint density at radius 2 is 1.93 bits per heavy atom.